The summed E-state index contributed by atoms with van der Waals surface area (Å²) in [5.41, 5.74) is 2.14. The summed E-state index contributed by atoms with van der Waals surface area (Å²) in [5.74, 6) is -0.231. The van der Waals surface area contributed by atoms with Crippen LogP contribution in [-0.4, -0.2) is 16.1 Å². The molecule has 0 bridgehead atoms. The van der Waals surface area contributed by atoms with Crippen molar-refractivity contribution >= 4 is 27.5 Å². The molecule has 0 radical (unpaired) electrons. The van der Waals surface area contributed by atoms with Crippen LogP contribution in [0.2, 0.25) is 0 Å². The maximum absolute atomic E-state index is 13.4. The Morgan fingerprint density at radius 3 is 2.86 bits per heavy atom. The number of aromatic nitrogens is 2. The second kappa shape index (κ2) is 7.96. The molecule has 1 heterocycles. The van der Waals surface area contributed by atoms with Crippen molar-refractivity contribution in [3.63, 3.8) is 0 Å². The third-order valence-electron chi connectivity index (χ3n) is 3.30. The second-order valence-corrected chi connectivity index (χ2v) is 6.54. The Labute approximate surface area is 137 Å². The predicted molar refractivity (Wildman–Crippen MR) is 88.1 cm³/mol. The van der Waals surface area contributed by atoms with E-state index in [1.807, 2.05) is 12.1 Å². The van der Waals surface area contributed by atoms with E-state index in [9.17, 15) is 4.39 Å². The molecule has 114 valence electrons. The van der Waals surface area contributed by atoms with Crippen LogP contribution in [0.25, 0.3) is 0 Å². The Kier molecular flexibility index (Phi) is 6.26. The third-order valence-corrected chi connectivity index (χ3v) is 4.79. The Hall–Kier alpha value is -0.850. The van der Waals surface area contributed by atoms with Crippen molar-refractivity contribution in [2.45, 2.75) is 39.2 Å². The highest BCUT2D eigenvalue weighted by atomic mass is 79.9. The summed E-state index contributed by atoms with van der Waals surface area (Å²) >= 11 is 4.70. The van der Waals surface area contributed by atoms with E-state index in [0.29, 0.717) is 4.47 Å². The average molecular weight is 372 g/mol. The van der Waals surface area contributed by atoms with E-state index < -0.39 is 0 Å². The van der Waals surface area contributed by atoms with E-state index in [2.05, 4.69) is 44.7 Å². The Morgan fingerprint density at radius 2 is 2.19 bits per heavy atom. The van der Waals surface area contributed by atoms with Gasteiger partial charge in [-0.2, -0.15) is 0 Å². The molecule has 3 nitrogen and oxygen atoms in total. The fourth-order valence-electron chi connectivity index (χ4n) is 2.20. The van der Waals surface area contributed by atoms with Gasteiger partial charge in [-0.3, -0.25) is 0 Å². The number of halogens is 2. The van der Waals surface area contributed by atoms with Crippen molar-refractivity contribution in [1.29, 1.82) is 0 Å². The number of benzene rings is 1. The van der Waals surface area contributed by atoms with Gasteiger partial charge in [0.1, 0.15) is 5.82 Å². The minimum absolute atomic E-state index is 0.178. The Morgan fingerprint density at radius 1 is 1.38 bits per heavy atom. The summed E-state index contributed by atoms with van der Waals surface area (Å²) < 4.78 is 17.9. The molecular weight excluding hydrogens is 353 g/mol. The number of aryl methyl sites for hydroxylation is 1. The maximum atomic E-state index is 13.4. The van der Waals surface area contributed by atoms with Crippen molar-refractivity contribution in [2.24, 2.45) is 0 Å². The lowest BCUT2D eigenvalue weighted by Gasteiger charge is -2.18. The zero-order valence-corrected chi connectivity index (χ0v) is 14.6. The van der Waals surface area contributed by atoms with Gasteiger partial charge < -0.3 is 5.32 Å². The van der Waals surface area contributed by atoms with Gasteiger partial charge in [0.15, 0.2) is 0 Å². The number of hydrogen-bond acceptors (Lipinski definition) is 4. The molecule has 6 heteroatoms. The molecule has 0 amide bonds. The molecule has 0 saturated heterocycles. The number of nitrogens with zero attached hydrogens (tertiary/aromatic N) is 2. The lowest BCUT2D eigenvalue weighted by atomic mass is 10.0. The number of hydrogen-bond donors (Lipinski definition) is 1. The summed E-state index contributed by atoms with van der Waals surface area (Å²) in [6.45, 7) is 5.17. The first-order valence-electron chi connectivity index (χ1n) is 7.14. The van der Waals surface area contributed by atoms with Crippen molar-refractivity contribution < 1.29 is 4.39 Å². The molecule has 1 aromatic carbocycles. The minimum Gasteiger partial charge on any atom is -0.309 e. The normalized spacial score (nSPS) is 12.6. The van der Waals surface area contributed by atoms with E-state index in [0.717, 1.165) is 37.1 Å². The average Bonchev–Trinajstić information content (AvgIpc) is 2.95. The molecule has 1 unspecified atom stereocenters. The molecule has 21 heavy (non-hydrogen) atoms. The summed E-state index contributed by atoms with van der Waals surface area (Å²) in [5, 5.41) is 7.75. The van der Waals surface area contributed by atoms with Crippen LogP contribution in [0.1, 0.15) is 42.4 Å². The predicted octanol–water partition coefficient (Wildman–Crippen LogP) is 4.29. The molecule has 0 aliphatic carbocycles. The van der Waals surface area contributed by atoms with Crippen LogP contribution < -0.4 is 5.32 Å². The Balaban J connectivity index is 2.21. The first kappa shape index (κ1) is 16.5. The van der Waals surface area contributed by atoms with Crippen LogP contribution >= 0.6 is 27.5 Å². The molecule has 0 saturated carbocycles. The zero-order chi connectivity index (χ0) is 15.2. The topological polar surface area (TPSA) is 37.8 Å². The molecule has 0 spiro atoms. The van der Waals surface area contributed by atoms with Crippen LogP contribution in [0.3, 0.4) is 0 Å². The molecule has 2 rings (SSSR count). The smallest absolute Gasteiger partial charge is 0.137 e. The van der Waals surface area contributed by atoms with Crippen LogP contribution in [0.5, 0.6) is 0 Å². The van der Waals surface area contributed by atoms with Gasteiger partial charge in [0, 0.05) is 6.04 Å². The summed E-state index contributed by atoms with van der Waals surface area (Å²) in [6.07, 6.45) is 2.75. The molecule has 0 aliphatic heterocycles. The Bertz CT molecular complexity index is 588. The van der Waals surface area contributed by atoms with Crippen molar-refractivity contribution in [3.8, 4) is 0 Å². The van der Waals surface area contributed by atoms with Gasteiger partial charge >= 0.3 is 0 Å². The molecule has 1 atom stereocenters. The zero-order valence-electron chi connectivity index (χ0n) is 12.2. The molecular formula is C15H19BrFN3S. The standard InChI is InChI=1S/C15H19BrFN3S/c1-3-7-18-14(15-13(4-2)19-20-21-15)9-10-5-6-12(17)11(16)8-10/h5-6,8,14,18H,3-4,7,9H2,1-2H3. The molecule has 1 aromatic heterocycles. The van der Waals surface area contributed by atoms with Crippen LogP contribution in [-0.2, 0) is 12.8 Å². The molecule has 0 aliphatic rings. The van der Waals surface area contributed by atoms with Gasteiger partial charge in [0.05, 0.1) is 15.0 Å². The van der Waals surface area contributed by atoms with E-state index >= 15 is 0 Å². The number of rotatable bonds is 7. The highest BCUT2D eigenvalue weighted by Gasteiger charge is 2.18. The highest BCUT2D eigenvalue weighted by Crippen LogP contribution is 2.26. The van der Waals surface area contributed by atoms with Gasteiger partial charge in [0.2, 0.25) is 0 Å². The SMILES string of the molecule is CCCNC(Cc1ccc(F)c(Br)c1)c1snnc1CC. The van der Waals surface area contributed by atoms with E-state index in [1.165, 1.54) is 22.5 Å². The summed E-state index contributed by atoms with van der Waals surface area (Å²) in [4.78, 5) is 1.19. The van der Waals surface area contributed by atoms with Crippen molar-refractivity contribution in [3.05, 3.63) is 44.6 Å². The number of nitrogens with one attached hydrogen (secondary N) is 1. The van der Waals surface area contributed by atoms with E-state index in [4.69, 9.17) is 0 Å². The largest absolute Gasteiger partial charge is 0.309 e. The lowest BCUT2D eigenvalue weighted by molar-refractivity contribution is 0.531. The van der Waals surface area contributed by atoms with Gasteiger partial charge in [-0.15, -0.1) is 5.10 Å². The molecule has 0 fully saturated rings. The monoisotopic (exact) mass is 371 g/mol. The minimum atomic E-state index is -0.231. The maximum Gasteiger partial charge on any atom is 0.137 e. The van der Waals surface area contributed by atoms with E-state index in [1.54, 1.807) is 0 Å². The fraction of sp³-hybridized carbons (Fsp3) is 0.467. The van der Waals surface area contributed by atoms with Crippen molar-refractivity contribution in [2.75, 3.05) is 6.54 Å². The van der Waals surface area contributed by atoms with E-state index in [-0.39, 0.29) is 11.9 Å². The van der Waals surface area contributed by atoms with Crippen LogP contribution in [0, 0.1) is 5.82 Å². The second-order valence-electron chi connectivity index (χ2n) is 4.90. The van der Waals surface area contributed by atoms with Gasteiger partial charge in [-0.1, -0.05) is 24.4 Å². The quantitative estimate of drug-likeness (QED) is 0.788. The highest BCUT2D eigenvalue weighted by molar-refractivity contribution is 9.10. The molecule has 2 aromatic rings. The molecule has 1 N–H and O–H groups in total. The first-order chi connectivity index (χ1) is 10.2. The first-order valence-corrected chi connectivity index (χ1v) is 8.70. The van der Waals surface area contributed by atoms with Gasteiger partial charge in [-0.05, 0) is 71.0 Å². The lowest BCUT2D eigenvalue weighted by Crippen LogP contribution is -2.24. The van der Waals surface area contributed by atoms with Crippen LogP contribution in [0.15, 0.2) is 22.7 Å². The van der Waals surface area contributed by atoms with Gasteiger partial charge in [-0.25, -0.2) is 4.39 Å². The third kappa shape index (κ3) is 4.31. The van der Waals surface area contributed by atoms with Gasteiger partial charge in [0.25, 0.3) is 0 Å². The van der Waals surface area contributed by atoms with Crippen molar-refractivity contribution in [1.82, 2.24) is 14.9 Å². The summed E-state index contributed by atoms with van der Waals surface area (Å²) in [6, 6.07) is 5.36. The van der Waals surface area contributed by atoms with Crippen LogP contribution in [0.4, 0.5) is 4.39 Å². The summed E-state index contributed by atoms with van der Waals surface area (Å²) in [7, 11) is 0. The fourth-order valence-corrected chi connectivity index (χ4v) is 3.44.